The van der Waals surface area contributed by atoms with Crippen LogP contribution < -0.4 is 5.73 Å². The smallest absolute Gasteiger partial charge is 0.0867 e. The maximum atomic E-state index is 8.83. The van der Waals surface area contributed by atoms with Crippen LogP contribution in [0.3, 0.4) is 0 Å². The van der Waals surface area contributed by atoms with Crippen molar-refractivity contribution in [1.29, 1.82) is 10.8 Å². The van der Waals surface area contributed by atoms with Crippen molar-refractivity contribution in [1.82, 2.24) is 4.98 Å². The molecule has 1 heterocycles. The molecule has 1 aliphatic rings. The monoisotopic (exact) mass is 780 g/mol. The highest BCUT2D eigenvalue weighted by atomic mass is 14.6. The number of rotatable bonds is 5. The first-order valence-corrected chi connectivity index (χ1v) is 20.4. The lowest BCUT2D eigenvalue weighted by atomic mass is 9.86. The van der Waals surface area contributed by atoms with Crippen LogP contribution in [-0.2, 0) is 0 Å². The first-order valence-electron chi connectivity index (χ1n) is 20.4. The molecule has 0 fully saturated rings. The minimum absolute atomic E-state index is 0.223. The lowest BCUT2D eigenvalue weighted by Gasteiger charge is -2.18. The predicted octanol–water partition coefficient (Wildman–Crippen LogP) is 14.5. The summed E-state index contributed by atoms with van der Waals surface area (Å²) in [4.78, 5) is 4.05. The van der Waals surface area contributed by atoms with Gasteiger partial charge < -0.3 is 5.73 Å². The standard InChI is InChI=1S/C46H30N2.C11H10N2/c47-45-28-39(35-16-15-32-24-36(20-17-31(32)23-35)42-13-5-9-29-7-1-3-11-40(29)42)27-44(46(45)48)38-22-19-33-25-37(21-18-34(33)26-38)43-14-6-10-30-8-2-4-12-41(30)43;12-11-5-1-3-9(7-11)10-4-2-6-13-8-10/h1-28,47-48H;1-8H,12H2. The van der Waals surface area contributed by atoms with Gasteiger partial charge >= 0.3 is 0 Å². The van der Waals surface area contributed by atoms with Crippen molar-refractivity contribution in [2.45, 2.75) is 0 Å². The van der Waals surface area contributed by atoms with Crippen molar-refractivity contribution in [2.24, 2.45) is 0 Å². The van der Waals surface area contributed by atoms with Gasteiger partial charge in [0.15, 0.2) is 0 Å². The number of nitrogens with one attached hydrogen (secondary N) is 2. The molecular weight excluding hydrogens is 741 g/mol. The summed E-state index contributed by atoms with van der Waals surface area (Å²) in [6.45, 7) is 0. The first kappa shape index (κ1) is 37.1. The van der Waals surface area contributed by atoms with Crippen LogP contribution >= 0.6 is 0 Å². The number of benzene rings is 9. The molecule has 10 aromatic rings. The van der Waals surface area contributed by atoms with Crippen molar-refractivity contribution in [3.8, 4) is 33.4 Å². The van der Waals surface area contributed by atoms with Crippen LogP contribution in [0.4, 0.5) is 5.69 Å². The molecule has 0 amide bonds. The van der Waals surface area contributed by atoms with Crippen LogP contribution in [0.5, 0.6) is 0 Å². The number of aromatic nitrogens is 1. The molecule has 11 rings (SSSR count). The molecule has 0 radical (unpaired) electrons. The molecule has 0 bridgehead atoms. The van der Waals surface area contributed by atoms with E-state index in [4.69, 9.17) is 16.6 Å². The second kappa shape index (κ2) is 15.9. The van der Waals surface area contributed by atoms with E-state index in [1.54, 1.807) is 6.20 Å². The lowest BCUT2D eigenvalue weighted by Crippen LogP contribution is -2.15. The second-order valence-electron chi connectivity index (χ2n) is 15.4. The fourth-order valence-electron chi connectivity index (χ4n) is 8.42. The van der Waals surface area contributed by atoms with Gasteiger partial charge in [-0.1, -0.05) is 152 Å². The van der Waals surface area contributed by atoms with Crippen LogP contribution in [0, 0.1) is 10.8 Å². The number of nitrogen functional groups attached to an aromatic ring is 1. The van der Waals surface area contributed by atoms with E-state index >= 15 is 0 Å². The molecule has 4 nitrogen and oxygen atoms in total. The SMILES string of the molecule is N=C1C=C(c2ccc3cc(-c4cccc5ccccc45)ccc3c2)C=C(c2ccc3cc(-c4cccc5ccccc45)ccc3c2)C1=N.Nc1cccc(-c2cccnc2)c1. The summed E-state index contributed by atoms with van der Waals surface area (Å²) in [7, 11) is 0. The number of pyridine rings is 1. The van der Waals surface area contributed by atoms with Gasteiger partial charge in [0.1, 0.15) is 0 Å². The quantitative estimate of drug-likeness (QED) is 0.120. The van der Waals surface area contributed by atoms with Gasteiger partial charge in [-0.15, -0.1) is 0 Å². The summed E-state index contributed by atoms with van der Waals surface area (Å²) in [6.07, 6.45) is 7.47. The summed E-state index contributed by atoms with van der Waals surface area (Å²) >= 11 is 0. The number of hydrogen-bond donors (Lipinski definition) is 3. The highest BCUT2D eigenvalue weighted by Crippen LogP contribution is 2.36. The zero-order valence-corrected chi connectivity index (χ0v) is 33.3. The van der Waals surface area contributed by atoms with Gasteiger partial charge in [0.25, 0.3) is 0 Å². The summed E-state index contributed by atoms with van der Waals surface area (Å²) in [5.41, 5.74) is 17.6. The summed E-state index contributed by atoms with van der Waals surface area (Å²) in [5, 5.41) is 27.1. The molecule has 0 unspecified atom stereocenters. The number of allylic oxidation sites excluding steroid dienone is 4. The van der Waals surface area contributed by atoms with Crippen LogP contribution in [0.15, 0.2) is 219 Å². The molecule has 288 valence electrons. The molecule has 0 saturated heterocycles. The van der Waals surface area contributed by atoms with E-state index in [0.717, 1.165) is 55.2 Å². The third kappa shape index (κ3) is 7.39. The minimum Gasteiger partial charge on any atom is -0.399 e. The largest absolute Gasteiger partial charge is 0.399 e. The van der Waals surface area contributed by atoms with Crippen LogP contribution in [-0.4, -0.2) is 16.4 Å². The molecule has 1 aromatic heterocycles. The lowest BCUT2D eigenvalue weighted by molar-refractivity contribution is 1.33. The third-order valence-corrected chi connectivity index (χ3v) is 11.5. The molecular formula is C57H40N4. The van der Waals surface area contributed by atoms with Crippen LogP contribution in [0.1, 0.15) is 11.1 Å². The van der Waals surface area contributed by atoms with Gasteiger partial charge in [-0.25, -0.2) is 0 Å². The Bertz CT molecular complexity index is 3400. The minimum atomic E-state index is 0.223. The van der Waals surface area contributed by atoms with E-state index in [9.17, 15) is 0 Å². The van der Waals surface area contributed by atoms with Gasteiger partial charge in [-0.2, -0.15) is 0 Å². The Morgan fingerprint density at radius 2 is 0.885 bits per heavy atom. The van der Waals surface area contributed by atoms with Crippen molar-refractivity contribution in [2.75, 3.05) is 5.73 Å². The van der Waals surface area contributed by atoms with Crippen LogP contribution in [0.2, 0.25) is 0 Å². The topological polar surface area (TPSA) is 86.6 Å². The van der Waals surface area contributed by atoms with E-state index in [0.29, 0.717) is 0 Å². The Labute approximate surface area is 354 Å². The van der Waals surface area contributed by atoms with Crippen LogP contribution in [0.25, 0.3) is 87.6 Å². The van der Waals surface area contributed by atoms with Gasteiger partial charge in [-0.05, 0) is 142 Å². The first-order chi connectivity index (χ1) is 29.9. The zero-order valence-electron chi connectivity index (χ0n) is 33.3. The Morgan fingerprint density at radius 1 is 0.377 bits per heavy atom. The highest BCUT2D eigenvalue weighted by molar-refractivity contribution is 6.61. The number of anilines is 1. The number of hydrogen-bond acceptors (Lipinski definition) is 4. The molecule has 61 heavy (non-hydrogen) atoms. The molecule has 0 atom stereocenters. The molecule has 0 saturated carbocycles. The maximum absolute atomic E-state index is 8.83. The zero-order chi connectivity index (χ0) is 41.3. The highest BCUT2D eigenvalue weighted by Gasteiger charge is 2.19. The summed E-state index contributed by atoms with van der Waals surface area (Å²) in [6, 6.07) is 67.7. The van der Waals surface area contributed by atoms with E-state index in [2.05, 4.69) is 169 Å². The van der Waals surface area contributed by atoms with Gasteiger partial charge in [0, 0.05) is 29.2 Å². The Balaban J connectivity index is 0.000000293. The fourth-order valence-corrected chi connectivity index (χ4v) is 8.42. The Hall–Kier alpha value is -8.21. The van der Waals surface area contributed by atoms with Crippen molar-refractivity contribution in [3.63, 3.8) is 0 Å². The number of nitrogens with zero attached hydrogens (tertiary/aromatic N) is 1. The molecule has 0 aliphatic heterocycles. The number of nitrogens with two attached hydrogens (primary N) is 1. The maximum Gasteiger partial charge on any atom is 0.0867 e. The average Bonchev–Trinajstić information content (AvgIpc) is 3.32. The summed E-state index contributed by atoms with van der Waals surface area (Å²) in [5.74, 6) is 0. The molecule has 4 N–H and O–H groups in total. The fraction of sp³-hybridized carbons (Fsp3) is 0. The number of fused-ring (bicyclic) bond motifs is 4. The Morgan fingerprint density at radius 3 is 1.48 bits per heavy atom. The Kier molecular flexibility index (Phi) is 9.64. The third-order valence-electron chi connectivity index (χ3n) is 11.5. The molecule has 1 aliphatic carbocycles. The van der Waals surface area contributed by atoms with Gasteiger partial charge in [0.2, 0.25) is 0 Å². The molecule has 0 spiro atoms. The van der Waals surface area contributed by atoms with Crippen molar-refractivity contribution >= 4 is 71.3 Å². The average molecular weight is 781 g/mol. The van der Waals surface area contributed by atoms with Gasteiger partial charge in [-0.3, -0.25) is 15.8 Å². The second-order valence-corrected chi connectivity index (χ2v) is 15.4. The van der Waals surface area contributed by atoms with Crippen molar-refractivity contribution in [3.05, 3.63) is 230 Å². The molecule has 4 heteroatoms. The van der Waals surface area contributed by atoms with Gasteiger partial charge in [0.05, 0.1) is 11.4 Å². The van der Waals surface area contributed by atoms with E-state index < -0.39 is 0 Å². The summed E-state index contributed by atoms with van der Waals surface area (Å²) < 4.78 is 0. The predicted molar refractivity (Wildman–Crippen MR) is 259 cm³/mol. The molecule has 9 aromatic carbocycles. The normalized spacial score (nSPS) is 12.6. The van der Waals surface area contributed by atoms with E-state index in [1.807, 2.05) is 48.7 Å². The van der Waals surface area contributed by atoms with E-state index in [-0.39, 0.29) is 11.4 Å². The van der Waals surface area contributed by atoms with Crippen molar-refractivity contribution < 1.29 is 0 Å². The van der Waals surface area contributed by atoms with E-state index in [1.165, 1.54) is 49.2 Å².